The monoisotopic (exact) mass is 557 g/mol. The number of nitriles is 1. The van der Waals surface area contributed by atoms with Gasteiger partial charge in [-0.1, -0.05) is 12.1 Å². The number of hydrogen-bond donors (Lipinski definition) is 1. The number of benzene rings is 1. The molecule has 0 bridgehead atoms. The average Bonchev–Trinajstić information content (AvgIpc) is 3.30. The number of carbonyl (C=O) groups is 1. The van der Waals surface area contributed by atoms with E-state index in [4.69, 9.17) is 19.7 Å². The number of aromatic carboxylic acids is 1. The van der Waals surface area contributed by atoms with Gasteiger partial charge in [0.25, 0.3) is 0 Å². The molecule has 1 unspecified atom stereocenters. The van der Waals surface area contributed by atoms with Gasteiger partial charge in [0.1, 0.15) is 18.2 Å². The maximum Gasteiger partial charge on any atom is 0.356 e. The highest BCUT2D eigenvalue weighted by Crippen LogP contribution is 2.24. The molecule has 1 aromatic carbocycles. The number of halogens is 1. The summed E-state index contributed by atoms with van der Waals surface area (Å²) in [5.74, 6) is -0.377. The predicted molar refractivity (Wildman–Crippen MR) is 145 cm³/mol. The summed E-state index contributed by atoms with van der Waals surface area (Å²) >= 11 is 0. The van der Waals surface area contributed by atoms with Crippen LogP contribution in [-0.4, -0.2) is 74.2 Å². The molecule has 12 heteroatoms. The Bertz CT molecular complexity index is 1620. The highest BCUT2D eigenvalue weighted by Gasteiger charge is 2.26. The Labute approximate surface area is 235 Å². The first-order valence-corrected chi connectivity index (χ1v) is 13.4. The van der Waals surface area contributed by atoms with Crippen molar-refractivity contribution < 1.29 is 23.8 Å². The van der Waals surface area contributed by atoms with Crippen molar-refractivity contribution in [3.63, 3.8) is 0 Å². The normalized spacial score (nSPS) is 17.3. The second-order valence-electron chi connectivity index (χ2n) is 10.1. The Balaban J connectivity index is 1.10. The average molecular weight is 558 g/mol. The highest BCUT2D eigenvalue weighted by atomic mass is 19.1. The number of ether oxygens (including phenoxy) is 2. The third-order valence-corrected chi connectivity index (χ3v) is 7.46. The minimum atomic E-state index is -1.08. The molecule has 3 aromatic heterocycles. The molecule has 2 aliphatic heterocycles. The summed E-state index contributed by atoms with van der Waals surface area (Å²) in [4.78, 5) is 29.5. The lowest BCUT2D eigenvalue weighted by molar-refractivity contribution is -0.0499. The van der Waals surface area contributed by atoms with Gasteiger partial charge in [0, 0.05) is 69.3 Å². The predicted octanol–water partition coefficient (Wildman–Crippen LogP) is 3.07. The molecule has 0 aliphatic carbocycles. The number of imidazole rings is 1. The number of anilines is 1. The molecule has 0 amide bonds. The maximum atomic E-state index is 14.2. The lowest BCUT2D eigenvalue weighted by atomic mass is 10.1. The topological polar surface area (TPSA) is 129 Å². The summed E-state index contributed by atoms with van der Waals surface area (Å²) in [7, 11) is 0. The van der Waals surface area contributed by atoms with Gasteiger partial charge in [-0.3, -0.25) is 9.30 Å². The second-order valence-corrected chi connectivity index (χ2v) is 10.1. The van der Waals surface area contributed by atoms with Crippen LogP contribution in [-0.2, 0) is 24.3 Å². The molecule has 0 saturated carbocycles. The standard InChI is InChI=1S/C29H28FN7O4/c30-22-12-19(14-31)4-5-20(22)18-41-28-3-1-2-26(34-28)36-9-7-35(8-10-36)16-23-25(13-21-6-11-40-21)37-17-24(29(38)39)32-15-27(37)33-23/h1-5,12,15,17,21H,6-11,13,16,18H2,(H,38,39). The Morgan fingerprint density at radius 3 is 2.73 bits per heavy atom. The van der Waals surface area contributed by atoms with Gasteiger partial charge in [0.05, 0.1) is 29.6 Å². The zero-order chi connectivity index (χ0) is 28.3. The van der Waals surface area contributed by atoms with Gasteiger partial charge in [0.15, 0.2) is 11.3 Å². The first-order valence-electron chi connectivity index (χ1n) is 13.4. The first kappa shape index (κ1) is 26.6. The van der Waals surface area contributed by atoms with Crippen molar-refractivity contribution in [1.29, 1.82) is 5.26 Å². The van der Waals surface area contributed by atoms with E-state index in [0.29, 0.717) is 30.1 Å². The van der Waals surface area contributed by atoms with E-state index in [1.807, 2.05) is 22.6 Å². The summed E-state index contributed by atoms with van der Waals surface area (Å²) in [6.07, 6.45) is 4.80. The van der Waals surface area contributed by atoms with Crippen molar-refractivity contribution in [2.75, 3.05) is 37.7 Å². The number of carboxylic acids is 1. The number of fused-ring (bicyclic) bond motifs is 1. The van der Waals surface area contributed by atoms with Crippen LogP contribution in [0, 0.1) is 17.1 Å². The van der Waals surface area contributed by atoms with E-state index in [-0.39, 0.29) is 24.0 Å². The van der Waals surface area contributed by atoms with Crippen LogP contribution < -0.4 is 9.64 Å². The summed E-state index contributed by atoms with van der Waals surface area (Å²) in [5.41, 5.74) is 3.09. The number of carboxylic acid groups (broad SMARTS) is 1. The highest BCUT2D eigenvalue weighted by molar-refractivity contribution is 5.85. The summed E-state index contributed by atoms with van der Waals surface area (Å²) in [6.45, 7) is 4.46. The Kier molecular flexibility index (Phi) is 7.45. The number of piperazine rings is 1. The van der Waals surface area contributed by atoms with Crippen LogP contribution in [0.2, 0.25) is 0 Å². The van der Waals surface area contributed by atoms with Gasteiger partial charge in [-0.15, -0.1) is 0 Å². The molecule has 6 rings (SSSR count). The SMILES string of the molecule is N#Cc1ccc(COc2cccc(N3CCN(Cc4nc5cnc(C(=O)O)cn5c4CC4CCO4)CC3)n2)c(F)c1. The first-order chi connectivity index (χ1) is 20.0. The van der Waals surface area contributed by atoms with Gasteiger partial charge in [-0.25, -0.2) is 19.2 Å². The number of aromatic nitrogens is 4. The molecular formula is C29H28FN7O4. The zero-order valence-electron chi connectivity index (χ0n) is 22.2. The molecule has 5 heterocycles. The molecule has 0 radical (unpaired) electrons. The third-order valence-electron chi connectivity index (χ3n) is 7.46. The van der Waals surface area contributed by atoms with Crippen LogP contribution >= 0.6 is 0 Å². The van der Waals surface area contributed by atoms with E-state index in [2.05, 4.69) is 19.8 Å². The Hall–Kier alpha value is -4.60. The molecule has 2 fully saturated rings. The van der Waals surface area contributed by atoms with Gasteiger partial charge in [0.2, 0.25) is 5.88 Å². The van der Waals surface area contributed by atoms with Crippen molar-refractivity contribution in [3.8, 4) is 11.9 Å². The zero-order valence-corrected chi connectivity index (χ0v) is 22.2. The van der Waals surface area contributed by atoms with Gasteiger partial charge < -0.3 is 19.5 Å². The van der Waals surface area contributed by atoms with Crippen molar-refractivity contribution >= 4 is 17.4 Å². The van der Waals surface area contributed by atoms with E-state index < -0.39 is 11.8 Å². The lowest BCUT2D eigenvalue weighted by Gasteiger charge is -2.35. The van der Waals surface area contributed by atoms with Gasteiger partial charge in [-0.05, 0) is 24.6 Å². The molecular weight excluding hydrogens is 529 g/mol. The van der Waals surface area contributed by atoms with Crippen LogP contribution in [0.4, 0.5) is 10.2 Å². The van der Waals surface area contributed by atoms with Crippen molar-refractivity contribution in [2.45, 2.75) is 32.1 Å². The fraction of sp³-hybridized carbons (Fsp3) is 0.345. The van der Waals surface area contributed by atoms with E-state index in [1.54, 1.807) is 18.2 Å². The quantitative estimate of drug-likeness (QED) is 0.328. The number of rotatable bonds is 9. The smallest absolute Gasteiger partial charge is 0.356 e. The fourth-order valence-corrected chi connectivity index (χ4v) is 5.06. The minimum absolute atomic E-state index is 0.0124. The number of hydrogen-bond acceptors (Lipinski definition) is 9. The van der Waals surface area contributed by atoms with Crippen LogP contribution in [0.5, 0.6) is 5.88 Å². The summed E-state index contributed by atoms with van der Waals surface area (Å²) < 4.78 is 27.5. The van der Waals surface area contributed by atoms with Gasteiger partial charge >= 0.3 is 5.97 Å². The molecule has 41 heavy (non-hydrogen) atoms. The largest absolute Gasteiger partial charge is 0.476 e. The molecule has 2 saturated heterocycles. The molecule has 11 nitrogen and oxygen atoms in total. The molecule has 4 aromatic rings. The molecule has 1 atom stereocenters. The molecule has 210 valence electrons. The van der Waals surface area contributed by atoms with E-state index in [1.165, 1.54) is 18.5 Å². The van der Waals surface area contributed by atoms with E-state index in [9.17, 15) is 14.3 Å². The fourth-order valence-electron chi connectivity index (χ4n) is 5.06. The number of pyridine rings is 1. The van der Waals surface area contributed by atoms with Crippen LogP contribution in [0.25, 0.3) is 5.65 Å². The molecule has 1 N–H and O–H groups in total. The van der Waals surface area contributed by atoms with Gasteiger partial charge in [-0.2, -0.15) is 10.2 Å². The Morgan fingerprint density at radius 1 is 1.20 bits per heavy atom. The third kappa shape index (κ3) is 5.82. The maximum absolute atomic E-state index is 14.2. The summed E-state index contributed by atoms with van der Waals surface area (Å²) in [5, 5.41) is 18.3. The Morgan fingerprint density at radius 2 is 2.02 bits per heavy atom. The second kappa shape index (κ2) is 11.5. The molecule has 2 aliphatic rings. The van der Waals surface area contributed by atoms with Crippen LogP contribution in [0.15, 0.2) is 48.8 Å². The minimum Gasteiger partial charge on any atom is -0.476 e. The van der Waals surface area contributed by atoms with E-state index >= 15 is 0 Å². The van der Waals surface area contributed by atoms with Crippen LogP contribution in [0.3, 0.4) is 0 Å². The van der Waals surface area contributed by atoms with E-state index in [0.717, 1.165) is 56.4 Å². The number of nitrogens with zero attached hydrogens (tertiary/aromatic N) is 7. The van der Waals surface area contributed by atoms with Crippen molar-refractivity contribution in [3.05, 3.63) is 82.8 Å². The van der Waals surface area contributed by atoms with Crippen molar-refractivity contribution in [1.82, 2.24) is 24.3 Å². The summed E-state index contributed by atoms with van der Waals surface area (Å²) in [6, 6.07) is 11.8. The lowest BCUT2D eigenvalue weighted by Crippen LogP contribution is -2.46. The van der Waals surface area contributed by atoms with Crippen LogP contribution in [0.1, 0.15) is 39.4 Å². The molecule has 0 spiro atoms. The van der Waals surface area contributed by atoms with Crippen molar-refractivity contribution in [2.24, 2.45) is 0 Å².